The largest absolute Gasteiger partial charge is 0.356 e. The number of carbonyl (C=O) groups excluding carboxylic acids is 4. The molecule has 184 valence electrons. The average Bonchev–Trinajstić information content (AvgIpc) is 3.22. The maximum Gasteiger partial charge on any atom is 0.315 e. The highest BCUT2D eigenvalue weighted by Gasteiger charge is 2.31. The van der Waals surface area contributed by atoms with Gasteiger partial charge in [0, 0.05) is 32.1 Å². The Hall–Kier alpha value is -3.40. The third-order valence-electron chi connectivity index (χ3n) is 5.92. The van der Waals surface area contributed by atoms with Gasteiger partial charge < -0.3 is 31.9 Å². The van der Waals surface area contributed by atoms with Crippen molar-refractivity contribution in [3.63, 3.8) is 0 Å². The summed E-state index contributed by atoms with van der Waals surface area (Å²) in [4.78, 5) is 49.9. The highest BCUT2D eigenvalue weighted by atomic mass is 16.2. The van der Waals surface area contributed by atoms with Crippen LogP contribution in [0.15, 0.2) is 48.1 Å². The Balaban J connectivity index is 1.69. The third-order valence-corrected chi connectivity index (χ3v) is 5.92. The van der Waals surface area contributed by atoms with Gasteiger partial charge in [-0.25, -0.2) is 4.79 Å². The minimum absolute atomic E-state index is 0.0515. The summed E-state index contributed by atoms with van der Waals surface area (Å²) in [6.45, 7) is 2.27. The molecule has 0 saturated heterocycles. The summed E-state index contributed by atoms with van der Waals surface area (Å²) < 4.78 is 0. The number of allylic oxidation sites excluding steroid dienone is 2. The van der Waals surface area contributed by atoms with Crippen LogP contribution in [0.4, 0.5) is 4.79 Å². The van der Waals surface area contributed by atoms with Crippen LogP contribution in [0.25, 0.3) is 0 Å². The van der Waals surface area contributed by atoms with Crippen molar-refractivity contribution in [3.8, 4) is 0 Å². The molecule has 3 rings (SSSR count). The molecule has 0 aromatic heterocycles. The van der Waals surface area contributed by atoms with Crippen LogP contribution in [0.1, 0.15) is 32.6 Å². The molecule has 5 atom stereocenters. The summed E-state index contributed by atoms with van der Waals surface area (Å²) in [5.74, 6) is -0.869. The Labute approximate surface area is 199 Å². The minimum atomic E-state index is -0.901. The zero-order chi connectivity index (χ0) is 24.5. The van der Waals surface area contributed by atoms with E-state index in [1.54, 1.807) is 12.2 Å². The van der Waals surface area contributed by atoms with Crippen molar-refractivity contribution >= 4 is 23.8 Å². The number of fused-ring (bicyclic) bond motifs is 1. The van der Waals surface area contributed by atoms with E-state index in [-0.39, 0.29) is 29.9 Å². The first-order valence-corrected chi connectivity index (χ1v) is 11.7. The summed E-state index contributed by atoms with van der Waals surface area (Å²) in [7, 11) is 1.48. The van der Waals surface area contributed by atoms with Gasteiger partial charge in [-0.15, -0.1) is 0 Å². The van der Waals surface area contributed by atoms with Crippen LogP contribution in [-0.4, -0.2) is 67.6 Å². The quantitative estimate of drug-likeness (QED) is 0.312. The number of urea groups is 1. The smallest absolute Gasteiger partial charge is 0.315 e. The van der Waals surface area contributed by atoms with Gasteiger partial charge in [-0.2, -0.15) is 0 Å². The first-order chi connectivity index (χ1) is 16.4. The average molecular weight is 471 g/mol. The summed E-state index contributed by atoms with van der Waals surface area (Å²) in [6, 6.07) is -2.51. The van der Waals surface area contributed by atoms with E-state index < -0.39 is 24.0 Å². The topological polar surface area (TPSA) is 140 Å². The van der Waals surface area contributed by atoms with Crippen LogP contribution >= 0.6 is 0 Å². The fourth-order valence-electron chi connectivity index (χ4n) is 4.05. The lowest BCUT2D eigenvalue weighted by atomic mass is 10.0. The normalized spacial score (nSPS) is 27.8. The zero-order valence-electron chi connectivity index (χ0n) is 19.6. The lowest BCUT2D eigenvalue weighted by molar-refractivity contribution is -0.129. The number of rotatable bonds is 5. The van der Waals surface area contributed by atoms with Crippen LogP contribution in [0.3, 0.4) is 0 Å². The van der Waals surface area contributed by atoms with E-state index in [0.29, 0.717) is 32.2 Å². The number of amides is 5. The van der Waals surface area contributed by atoms with Crippen LogP contribution in [0.5, 0.6) is 0 Å². The van der Waals surface area contributed by atoms with E-state index in [1.165, 1.54) is 7.05 Å². The highest BCUT2D eigenvalue weighted by molar-refractivity contribution is 5.93. The molecule has 5 unspecified atom stereocenters. The van der Waals surface area contributed by atoms with E-state index >= 15 is 0 Å². The van der Waals surface area contributed by atoms with E-state index in [9.17, 15) is 19.2 Å². The fraction of sp³-hybridized carbons (Fsp3) is 0.500. The predicted molar refractivity (Wildman–Crippen MR) is 129 cm³/mol. The molecule has 0 aromatic carbocycles. The van der Waals surface area contributed by atoms with Gasteiger partial charge in [0.25, 0.3) is 0 Å². The molecule has 3 aliphatic rings. The molecule has 0 fully saturated rings. The molecule has 10 heteroatoms. The summed E-state index contributed by atoms with van der Waals surface area (Å²) in [5, 5.41) is 17.0. The summed E-state index contributed by atoms with van der Waals surface area (Å²) in [5.41, 5.74) is 1.12. The van der Waals surface area contributed by atoms with Crippen LogP contribution in [-0.2, 0) is 14.4 Å². The van der Waals surface area contributed by atoms with Crippen molar-refractivity contribution in [2.75, 3.05) is 13.6 Å². The van der Waals surface area contributed by atoms with Crippen molar-refractivity contribution in [3.05, 3.63) is 48.1 Å². The monoisotopic (exact) mass is 470 g/mol. The van der Waals surface area contributed by atoms with Gasteiger partial charge in [0.1, 0.15) is 12.1 Å². The minimum Gasteiger partial charge on any atom is -0.356 e. The molecule has 2 heterocycles. The Morgan fingerprint density at radius 1 is 1.21 bits per heavy atom. The zero-order valence-corrected chi connectivity index (χ0v) is 19.6. The van der Waals surface area contributed by atoms with Crippen molar-refractivity contribution in [2.45, 2.75) is 62.8 Å². The van der Waals surface area contributed by atoms with Gasteiger partial charge in [-0.1, -0.05) is 42.5 Å². The Bertz CT molecular complexity index is 909. The molecule has 0 radical (unpaired) electrons. The number of hydrogen-bond acceptors (Lipinski definition) is 5. The standard InChI is InChI=1S/C24H34N6O4/c1-15-10-11-21(31)26-12-6-5-9-19(22(32)27-15)29-23(33)20(30-24(34)25-2)14-17-13-16-7-3-4-8-18(16)28-17/h3-5,7-9,13,15,17-20,28H,6,10-12,14H2,1-2H3,(H,26,31)(H,27,32)(H,29,33)(H2,25,30,34). The van der Waals surface area contributed by atoms with Crippen molar-refractivity contribution in [2.24, 2.45) is 0 Å². The van der Waals surface area contributed by atoms with E-state index in [4.69, 9.17) is 0 Å². The molecule has 5 amide bonds. The van der Waals surface area contributed by atoms with Crippen LogP contribution < -0.4 is 31.9 Å². The highest BCUT2D eigenvalue weighted by Crippen LogP contribution is 2.21. The first kappa shape index (κ1) is 25.2. The number of nitrogens with one attached hydrogen (secondary N) is 6. The predicted octanol–water partition coefficient (Wildman–Crippen LogP) is -0.0873. The molecule has 6 N–H and O–H groups in total. The van der Waals surface area contributed by atoms with E-state index in [0.717, 1.165) is 5.57 Å². The number of hydrogen-bond donors (Lipinski definition) is 6. The van der Waals surface area contributed by atoms with Crippen molar-refractivity contribution < 1.29 is 19.2 Å². The van der Waals surface area contributed by atoms with Crippen LogP contribution in [0.2, 0.25) is 0 Å². The maximum absolute atomic E-state index is 13.2. The van der Waals surface area contributed by atoms with E-state index in [1.807, 2.05) is 31.2 Å². The van der Waals surface area contributed by atoms with Crippen molar-refractivity contribution in [1.29, 1.82) is 0 Å². The lowest BCUT2D eigenvalue weighted by Crippen LogP contribution is -2.56. The summed E-state index contributed by atoms with van der Waals surface area (Å²) >= 11 is 0. The third kappa shape index (κ3) is 7.31. The molecule has 10 nitrogen and oxygen atoms in total. The Morgan fingerprint density at radius 2 is 2.03 bits per heavy atom. The number of carbonyl (C=O) groups is 4. The van der Waals surface area contributed by atoms with Gasteiger partial charge in [0.2, 0.25) is 17.7 Å². The molecule has 34 heavy (non-hydrogen) atoms. The van der Waals surface area contributed by atoms with Crippen molar-refractivity contribution in [1.82, 2.24) is 31.9 Å². The van der Waals surface area contributed by atoms with Gasteiger partial charge in [0.05, 0.1) is 6.04 Å². The first-order valence-electron chi connectivity index (χ1n) is 11.7. The van der Waals surface area contributed by atoms with Gasteiger partial charge >= 0.3 is 6.03 Å². The molecule has 2 aliphatic heterocycles. The lowest BCUT2D eigenvalue weighted by Gasteiger charge is -2.25. The van der Waals surface area contributed by atoms with Gasteiger partial charge in [-0.05, 0) is 31.8 Å². The molecule has 0 saturated carbocycles. The molecule has 1 aliphatic carbocycles. The Morgan fingerprint density at radius 3 is 2.79 bits per heavy atom. The maximum atomic E-state index is 13.2. The summed E-state index contributed by atoms with van der Waals surface area (Å²) in [6.07, 6.45) is 15.1. The van der Waals surface area contributed by atoms with E-state index in [2.05, 4.69) is 38.0 Å². The molecule has 0 bridgehead atoms. The Kier molecular flexibility index (Phi) is 9.03. The van der Waals surface area contributed by atoms with Gasteiger partial charge in [-0.3, -0.25) is 14.4 Å². The fourth-order valence-corrected chi connectivity index (χ4v) is 4.05. The van der Waals surface area contributed by atoms with Crippen LogP contribution in [0, 0.1) is 0 Å². The molecule has 0 spiro atoms. The molecule has 0 aromatic rings. The second-order valence-corrected chi connectivity index (χ2v) is 8.67. The van der Waals surface area contributed by atoms with Gasteiger partial charge in [0.15, 0.2) is 0 Å². The second-order valence-electron chi connectivity index (χ2n) is 8.67. The molecular formula is C24H34N6O4. The second kappa shape index (κ2) is 12.2. The SMILES string of the molecule is CNC(=O)NC(CC1C=C2C=CC=CC2N1)C(=O)NC1C=CCCNC(=O)CCC(C)NC1=O. The molecular weight excluding hydrogens is 436 g/mol.